The Morgan fingerprint density at radius 3 is 1.82 bits per heavy atom. The normalized spacial score (nSPS) is 8.47. The minimum absolute atomic E-state index is 0.0266. The SMILES string of the molecule is O=C=NCCC(=O)O.O=c1[nH]c(=O)[nH]c(=O)[nH]1. The molecule has 1 rings (SSSR count). The number of H-pyrrole nitrogens is 3. The summed E-state index contributed by atoms with van der Waals surface area (Å²) in [5.74, 6) is -0.955. The monoisotopic (exact) mass is 244 g/mol. The molecule has 0 aliphatic rings. The molecule has 10 heteroatoms. The molecule has 0 aromatic carbocycles. The van der Waals surface area contributed by atoms with E-state index in [1.807, 2.05) is 0 Å². The Hall–Kier alpha value is -2.74. The molecule has 0 radical (unpaired) electrons. The van der Waals surface area contributed by atoms with E-state index in [1.54, 1.807) is 15.0 Å². The lowest BCUT2D eigenvalue weighted by atomic mass is 10.4. The number of aliphatic carboxylic acids is 1. The average Bonchev–Trinajstić information content (AvgIpc) is 2.16. The van der Waals surface area contributed by atoms with Crippen LogP contribution in [0.5, 0.6) is 0 Å². The number of nitrogens with one attached hydrogen (secondary N) is 3. The van der Waals surface area contributed by atoms with Gasteiger partial charge in [-0.1, -0.05) is 0 Å². The highest BCUT2D eigenvalue weighted by Crippen LogP contribution is 1.76. The van der Waals surface area contributed by atoms with Crippen LogP contribution in [0.2, 0.25) is 0 Å². The smallest absolute Gasteiger partial charge is 0.330 e. The predicted octanol–water partition coefficient (Wildman–Crippen LogP) is -2.45. The fourth-order valence-electron chi connectivity index (χ4n) is 0.600. The standard InChI is InChI=1S/C4H5NO3.C3H3N3O3/c6-3-5-2-1-4(7)8;7-1-4-2(8)6-3(9)5-1/h1-2H2,(H,7,8);(H3,4,5,6,7,8,9). The zero-order chi connectivity index (χ0) is 13.3. The summed E-state index contributed by atoms with van der Waals surface area (Å²) in [7, 11) is 0. The Kier molecular flexibility index (Phi) is 6.32. The van der Waals surface area contributed by atoms with Crippen LogP contribution in [0.3, 0.4) is 0 Å². The van der Waals surface area contributed by atoms with Crippen LogP contribution >= 0.6 is 0 Å². The van der Waals surface area contributed by atoms with Gasteiger partial charge in [0.2, 0.25) is 6.08 Å². The van der Waals surface area contributed by atoms with Gasteiger partial charge in [0.15, 0.2) is 0 Å². The molecule has 0 bridgehead atoms. The molecule has 92 valence electrons. The number of hydrogen-bond donors (Lipinski definition) is 4. The summed E-state index contributed by atoms with van der Waals surface area (Å²) in [4.78, 5) is 57.9. The fraction of sp³-hybridized carbons (Fsp3) is 0.286. The first-order valence-electron chi connectivity index (χ1n) is 4.14. The fourth-order valence-corrected chi connectivity index (χ4v) is 0.600. The van der Waals surface area contributed by atoms with Crippen molar-refractivity contribution in [2.24, 2.45) is 4.99 Å². The summed E-state index contributed by atoms with van der Waals surface area (Å²) >= 11 is 0. The van der Waals surface area contributed by atoms with Crippen LogP contribution in [0.4, 0.5) is 0 Å². The van der Waals surface area contributed by atoms with Gasteiger partial charge in [0, 0.05) is 0 Å². The molecule has 0 saturated carbocycles. The van der Waals surface area contributed by atoms with Crippen LogP contribution in [0, 0.1) is 0 Å². The average molecular weight is 244 g/mol. The zero-order valence-electron chi connectivity index (χ0n) is 8.35. The maximum Gasteiger partial charge on any atom is 0.330 e. The molecule has 0 fully saturated rings. The van der Waals surface area contributed by atoms with Crippen LogP contribution in [0.1, 0.15) is 6.42 Å². The maximum atomic E-state index is 10.2. The van der Waals surface area contributed by atoms with Gasteiger partial charge in [-0.05, 0) is 0 Å². The number of aliphatic imine (C=N–C) groups is 1. The van der Waals surface area contributed by atoms with Gasteiger partial charge in [0.05, 0.1) is 13.0 Å². The molecule has 0 amide bonds. The second-order valence-electron chi connectivity index (χ2n) is 2.48. The van der Waals surface area contributed by atoms with Crippen molar-refractivity contribution in [2.45, 2.75) is 6.42 Å². The van der Waals surface area contributed by atoms with E-state index in [-0.39, 0.29) is 13.0 Å². The number of rotatable bonds is 3. The number of carbonyl (C=O) groups is 1. The van der Waals surface area contributed by atoms with Crippen molar-refractivity contribution < 1.29 is 14.7 Å². The highest BCUT2D eigenvalue weighted by atomic mass is 16.4. The van der Waals surface area contributed by atoms with E-state index in [4.69, 9.17) is 5.11 Å². The van der Waals surface area contributed by atoms with E-state index < -0.39 is 23.0 Å². The molecule has 1 heterocycles. The first-order valence-corrected chi connectivity index (χ1v) is 4.14. The first kappa shape index (κ1) is 14.3. The summed E-state index contributed by atoms with van der Waals surface area (Å²) in [6, 6.07) is 0. The van der Waals surface area contributed by atoms with Gasteiger partial charge in [-0.15, -0.1) is 0 Å². The quantitative estimate of drug-likeness (QED) is 0.340. The third-order valence-electron chi connectivity index (χ3n) is 1.18. The molecule has 10 nitrogen and oxygen atoms in total. The van der Waals surface area contributed by atoms with Crippen LogP contribution in [0.25, 0.3) is 0 Å². The number of carboxylic acid groups (broad SMARTS) is 1. The summed E-state index contributed by atoms with van der Waals surface area (Å²) in [6.45, 7) is 0.0266. The van der Waals surface area contributed by atoms with E-state index >= 15 is 0 Å². The van der Waals surface area contributed by atoms with Gasteiger partial charge in [0.25, 0.3) is 0 Å². The topological polar surface area (TPSA) is 165 Å². The molecule has 0 unspecified atom stereocenters. The molecule has 0 aliphatic heterocycles. The number of aromatic nitrogens is 3. The Bertz CT molecular complexity index is 494. The van der Waals surface area contributed by atoms with Gasteiger partial charge >= 0.3 is 23.0 Å². The molecule has 0 atom stereocenters. The van der Waals surface area contributed by atoms with Crippen LogP contribution in [-0.4, -0.2) is 38.7 Å². The Morgan fingerprint density at radius 2 is 1.53 bits per heavy atom. The van der Waals surface area contributed by atoms with Crippen molar-refractivity contribution in [1.29, 1.82) is 0 Å². The minimum atomic E-state index is -0.955. The molecule has 0 saturated heterocycles. The van der Waals surface area contributed by atoms with Gasteiger partial charge in [-0.2, -0.15) is 0 Å². The number of hydrogen-bond acceptors (Lipinski definition) is 6. The number of carbonyl (C=O) groups excluding carboxylic acids is 1. The van der Waals surface area contributed by atoms with Crippen LogP contribution < -0.4 is 17.1 Å². The highest BCUT2D eigenvalue weighted by Gasteiger charge is 1.91. The summed E-state index contributed by atoms with van der Waals surface area (Å²) in [6.07, 6.45) is 1.13. The van der Waals surface area contributed by atoms with E-state index in [0.29, 0.717) is 0 Å². The van der Waals surface area contributed by atoms with Crippen molar-refractivity contribution in [3.05, 3.63) is 31.5 Å². The number of isocyanates is 1. The van der Waals surface area contributed by atoms with Gasteiger partial charge in [0.1, 0.15) is 0 Å². The zero-order valence-corrected chi connectivity index (χ0v) is 8.35. The second kappa shape index (κ2) is 7.54. The summed E-state index contributed by atoms with van der Waals surface area (Å²) in [5.41, 5.74) is -2.41. The lowest BCUT2D eigenvalue weighted by molar-refractivity contribution is -0.136. The molecular weight excluding hydrogens is 236 g/mol. The van der Waals surface area contributed by atoms with Crippen molar-refractivity contribution in [1.82, 2.24) is 15.0 Å². The molecule has 0 aliphatic carbocycles. The van der Waals surface area contributed by atoms with Crippen LogP contribution in [-0.2, 0) is 9.59 Å². The predicted molar refractivity (Wildman–Crippen MR) is 53.5 cm³/mol. The number of carboxylic acids is 1. The van der Waals surface area contributed by atoms with Crippen molar-refractivity contribution in [2.75, 3.05) is 6.54 Å². The maximum absolute atomic E-state index is 10.2. The third kappa shape index (κ3) is 8.27. The van der Waals surface area contributed by atoms with E-state index in [0.717, 1.165) is 0 Å². The van der Waals surface area contributed by atoms with Gasteiger partial charge in [-0.3, -0.25) is 19.7 Å². The van der Waals surface area contributed by atoms with Gasteiger partial charge < -0.3 is 5.11 Å². The Labute approximate surface area is 92.1 Å². The van der Waals surface area contributed by atoms with E-state index in [9.17, 15) is 24.0 Å². The van der Waals surface area contributed by atoms with Crippen molar-refractivity contribution in [3.8, 4) is 0 Å². The van der Waals surface area contributed by atoms with Gasteiger partial charge in [-0.25, -0.2) is 24.2 Å². The largest absolute Gasteiger partial charge is 0.481 e. The summed E-state index contributed by atoms with van der Waals surface area (Å²) in [5, 5.41) is 7.95. The molecular formula is C7H8N4O6. The molecule has 1 aromatic rings. The molecule has 1 aromatic heterocycles. The third-order valence-corrected chi connectivity index (χ3v) is 1.18. The lowest BCUT2D eigenvalue weighted by Crippen LogP contribution is -2.34. The van der Waals surface area contributed by atoms with Crippen molar-refractivity contribution in [3.63, 3.8) is 0 Å². The number of nitrogens with zero attached hydrogens (tertiary/aromatic N) is 1. The minimum Gasteiger partial charge on any atom is -0.481 e. The highest BCUT2D eigenvalue weighted by molar-refractivity contribution is 5.67. The Balaban J connectivity index is 0.000000304. The first-order chi connectivity index (χ1) is 7.95. The summed E-state index contributed by atoms with van der Waals surface area (Å²) < 4.78 is 0. The molecule has 4 N–H and O–H groups in total. The van der Waals surface area contributed by atoms with E-state index in [2.05, 4.69) is 4.99 Å². The van der Waals surface area contributed by atoms with Crippen LogP contribution in [0.15, 0.2) is 19.4 Å². The Morgan fingerprint density at radius 1 is 1.12 bits per heavy atom. The van der Waals surface area contributed by atoms with Crippen molar-refractivity contribution >= 4 is 12.0 Å². The lowest BCUT2D eigenvalue weighted by Gasteiger charge is -1.80. The molecule has 0 spiro atoms. The molecule has 17 heavy (non-hydrogen) atoms. The number of aromatic amines is 3. The van der Waals surface area contributed by atoms with E-state index in [1.165, 1.54) is 6.08 Å². The second-order valence-corrected chi connectivity index (χ2v) is 2.48.